The Morgan fingerprint density at radius 1 is 0.800 bits per heavy atom. The number of fused-ring (bicyclic) bond motifs is 1. The Morgan fingerprint density at radius 3 is 2.23 bits per heavy atom. The molecule has 0 heterocycles. The van der Waals surface area contributed by atoms with Gasteiger partial charge in [-0.2, -0.15) is 0 Å². The number of sulfonamides is 1. The van der Waals surface area contributed by atoms with E-state index in [4.69, 9.17) is 21.1 Å². The molecule has 0 radical (unpaired) electrons. The molecule has 5 nitrogen and oxygen atoms in total. The van der Waals surface area contributed by atoms with Crippen LogP contribution in [0.25, 0.3) is 10.8 Å². The van der Waals surface area contributed by atoms with E-state index < -0.39 is 10.0 Å². The molecule has 0 aliphatic carbocycles. The fourth-order valence-electron chi connectivity index (χ4n) is 2.98. The summed E-state index contributed by atoms with van der Waals surface area (Å²) in [5.41, 5.74) is 0.242. The van der Waals surface area contributed by atoms with E-state index in [9.17, 15) is 8.42 Å². The van der Waals surface area contributed by atoms with Crippen LogP contribution < -0.4 is 14.2 Å². The van der Waals surface area contributed by atoms with Gasteiger partial charge in [0.1, 0.15) is 11.5 Å². The largest absolute Gasteiger partial charge is 0.497 e. The molecule has 0 fully saturated rings. The second-order valence-electron chi connectivity index (χ2n) is 6.53. The number of anilines is 1. The van der Waals surface area contributed by atoms with Crippen LogP contribution in [0.3, 0.4) is 0 Å². The van der Waals surface area contributed by atoms with Gasteiger partial charge < -0.3 is 9.47 Å². The maximum Gasteiger partial charge on any atom is 0.262 e. The molecule has 0 amide bonds. The first kappa shape index (κ1) is 20.1. The summed E-state index contributed by atoms with van der Waals surface area (Å²) in [6.07, 6.45) is 0. The molecule has 1 N–H and O–H groups in total. The highest BCUT2D eigenvalue weighted by atomic mass is 35.5. The molecule has 4 rings (SSSR count). The SMILES string of the molecule is COc1ccc(Oc2ccc(Cl)cc2NS(=O)(=O)c2ccc3ccccc3c2)cc1. The zero-order valence-corrected chi connectivity index (χ0v) is 17.6. The van der Waals surface area contributed by atoms with Crippen molar-refractivity contribution in [1.82, 2.24) is 0 Å². The fourth-order valence-corrected chi connectivity index (χ4v) is 4.25. The number of rotatable bonds is 6. The molecule has 0 bridgehead atoms. The van der Waals surface area contributed by atoms with Crippen molar-refractivity contribution in [3.63, 3.8) is 0 Å². The lowest BCUT2D eigenvalue weighted by molar-refractivity contribution is 0.413. The number of hydrogen-bond acceptors (Lipinski definition) is 4. The van der Waals surface area contributed by atoms with Crippen LogP contribution in [0.2, 0.25) is 5.02 Å². The van der Waals surface area contributed by atoms with Crippen molar-refractivity contribution < 1.29 is 17.9 Å². The first-order chi connectivity index (χ1) is 14.4. The average molecular weight is 440 g/mol. The van der Waals surface area contributed by atoms with Crippen LogP contribution in [0.4, 0.5) is 5.69 Å². The van der Waals surface area contributed by atoms with Gasteiger partial charge in [-0.05, 0) is 65.4 Å². The molecule has 0 unspecified atom stereocenters. The maximum absolute atomic E-state index is 13.0. The highest BCUT2D eigenvalue weighted by molar-refractivity contribution is 7.92. The van der Waals surface area contributed by atoms with Crippen LogP contribution in [0, 0.1) is 0 Å². The second kappa shape index (κ2) is 8.26. The normalized spacial score (nSPS) is 11.3. The van der Waals surface area contributed by atoms with Crippen LogP contribution in [-0.2, 0) is 10.0 Å². The average Bonchev–Trinajstić information content (AvgIpc) is 2.75. The van der Waals surface area contributed by atoms with Crippen molar-refractivity contribution in [3.05, 3.63) is 90.0 Å². The third kappa shape index (κ3) is 4.35. The predicted molar refractivity (Wildman–Crippen MR) is 119 cm³/mol. The third-order valence-corrected chi connectivity index (χ3v) is 6.10. The van der Waals surface area contributed by atoms with Crippen molar-refractivity contribution in [2.24, 2.45) is 0 Å². The number of methoxy groups -OCH3 is 1. The van der Waals surface area contributed by atoms with Crippen LogP contribution in [0.1, 0.15) is 0 Å². The Hall–Kier alpha value is -3.22. The lowest BCUT2D eigenvalue weighted by Gasteiger charge is -2.14. The summed E-state index contributed by atoms with van der Waals surface area (Å²) >= 11 is 6.11. The molecule has 0 saturated heterocycles. The minimum Gasteiger partial charge on any atom is -0.497 e. The minimum absolute atomic E-state index is 0.150. The maximum atomic E-state index is 13.0. The van der Waals surface area contributed by atoms with Gasteiger partial charge in [-0.15, -0.1) is 0 Å². The Kier molecular flexibility index (Phi) is 5.53. The molecule has 0 aliphatic heterocycles. The highest BCUT2D eigenvalue weighted by Gasteiger charge is 2.18. The summed E-state index contributed by atoms with van der Waals surface area (Å²) in [6.45, 7) is 0. The number of nitrogens with one attached hydrogen (secondary N) is 1. The Balaban J connectivity index is 1.66. The topological polar surface area (TPSA) is 64.6 Å². The molecular formula is C23H18ClNO4S. The van der Waals surface area contributed by atoms with E-state index in [1.165, 1.54) is 6.07 Å². The molecule has 4 aromatic rings. The highest BCUT2D eigenvalue weighted by Crippen LogP contribution is 2.34. The summed E-state index contributed by atoms with van der Waals surface area (Å²) in [5.74, 6) is 1.55. The molecular weight excluding hydrogens is 422 g/mol. The van der Waals surface area contributed by atoms with E-state index >= 15 is 0 Å². The minimum atomic E-state index is -3.86. The molecule has 0 saturated carbocycles. The van der Waals surface area contributed by atoms with Crippen LogP contribution in [-0.4, -0.2) is 15.5 Å². The standard InChI is InChI=1S/C23H18ClNO4S/c1-28-19-8-10-20(11-9-19)29-23-13-7-18(24)15-22(23)25-30(26,27)21-12-6-16-4-2-3-5-17(16)14-21/h2-15,25H,1H3. The van der Waals surface area contributed by atoms with E-state index in [1.807, 2.05) is 24.3 Å². The molecule has 0 atom stereocenters. The molecule has 4 aromatic carbocycles. The fraction of sp³-hybridized carbons (Fsp3) is 0.0435. The van der Waals surface area contributed by atoms with E-state index in [1.54, 1.807) is 61.7 Å². The Labute approximate surface area is 179 Å². The van der Waals surface area contributed by atoms with E-state index in [0.717, 1.165) is 10.8 Å². The van der Waals surface area contributed by atoms with Gasteiger partial charge in [-0.1, -0.05) is 41.9 Å². The Bertz CT molecular complexity index is 1300. The van der Waals surface area contributed by atoms with Crippen LogP contribution >= 0.6 is 11.6 Å². The van der Waals surface area contributed by atoms with Crippen molar-refractivity contribution in [2.75, 3.05) is 11.8 Å². The summed E-state index contributed by atoms with van der Waals surface area (Å²) in [7, 11) is -2.28. The smallest absolute Gasteiger partial charge is 0.262 e. The molecule has 0 aliphatic rings. The molecule has 30 heavy (non-hydrogen) atoms. The number of hydrogen-bond donors (Lipinski definition) is 1. The van der Waals surface area contributed by atoms with Gasteiger partial charge in [0.05, 0.1) is 17.7 Å². The van der Waals surface area contributed by atoms with Gasteiger partial charge in [0, 0.05) is 5.02 Å². The zero-order chi connectivity index (χ0) is 21.1. The summed E-state index contributed by atoms with van der Waals surface area (Å²) in [5, 5.41) is 2.18. The molecule has 0 aromatic heterocycles. The van der Waals surface area contributed by atoms with E-state index in [-0.39, 0.29) is 10.6 Å². The lowest BCUT2D eigenvalue weighted by Crippen LogP contribution is -2.13. The number of halogens is 1. The van der Waals surface area contributed by atoms with Gasteiger partial charge in [-0.3, -0.25) is 4.72 Å². The molecule has 7 heteroatoms. The summed E-state index contributed by atoms with van der Waals surface area (Å²) in [4.78, 5) is 0.150. The first-order valence-electron chi connectivity index (χ1n) is 9.08. The quantitative estimate of drug-likeness (QED) is 0.394. The van der Waals surface area contributed by atoms with Crippen molar-refractivity contribution in [3.8, 4) is 17.2 Å². The Morgan fingerprint density at radius 2 is 1.50 bits per heavy atom. The summed E-state index contributed by atoms with van der Waals surface area (Å²) < 4.78 is 39.6. The monoisotopic (exact) mass is 439 g/mol. The zero-order valence-electron chi connectivity index (χ0n) is 16.0. The van der Waals surface area contributed by atoms with Gasteiger partial charge in [0.15, 0.2) is 5.75 Å². The first-order valence-corrected chi connectivity index (χ1v) is 10.9. The van der Waals surface area contributed by atoms with Crippen molar-refractivity contribution >= 4 is 38.1 Å². The van der Waals surface area contributed by atoms with E-state index in [2.05, 4.69) is 4.72 Å². The van der Waals surface area contributed by atoms with Crippen molar-refractivity contribution in [1.29, 1.82) is 0 Å². The van der Waals surface area contributed by atoms with Gasteiger partial charge >= 0.3 is 0 Å². The van der Waals surface area contributed by atoms with Crippen LogP contribution in [0.15, 0.2) is 89.8 Å². The molecule has 0 spiro atoms. The lowest BCUT2D eigenvalue weighted by atomic mass is 10.1. The van der Waals surface area contributed by atoms with Gasteiger partial charge in [-0.25, -0.2) is 8.42 Å². The third-order valence-electron chi connectivity index (χ3n) is 4.50. The van der Waals surface area contributed by atoms with Gasteiger partial charge in [0.25, 0.3) is 10.0 Å². The number of benzene rings is 4. The van der Waals surface area contributed by atoms with Gasteiger partial charge in [0.2, 0.25) is 0 Å². The number of ether oxygens (including phenoxy) is 2. The van der Waals surface area contributed by atoms with Crippen LogP contribution in [0.5, 0.6) is 17.2 Å². The van der Waals surface area contributed by atoms with Crippen molar-refractivity contribution in [2.45, 2.75) is 4.90 Å². The predicted octanol–water partition coefficient (Wildman–Crippen LogP) is 6.09. The van der Waals surface area contributed by atoms with E-state index in [0.29, 0.717) is 22.3 Å². The second-order valence-corrected chi connectivity index (χ2v) is 8.65. The molecule has 152 valence electrons. The summed E-state index contributed by atoms with van der Waals surface area (Å²) in [6, 6.07) is 24.3.